The van der Waals surface area contributed by atoms with Crippen molar-refractivity contribution in [3.63, 3.8) is 0 Å². The molecule has 0 fully saturated rings. The molecular formula is C14H19ClO. The number of hydrogen-bond acceptors (Lipinski definition) is 1. The molecule has 0 heterocycles. The van der Waals surface area contributed by atoms with Gasteiger partial charge in [0.1, 0.15) is 0 Å². The van der Waals surface area contributed by atoms with Crippen molar-refractivity contribution in [1.82, 2.24) is 0 Å². The molecule has 0 saturated heterocycles. The van der Waals surface area contributed by atoms with E-state index in [2.05, 4.69) is 20.8 Å². The number of aliphatic hydroxyl groups excluding tert-OH is 1. The molecule has 0 saturated carbocycles. The Bertz CT molecular complexity index is 357. The molecule has 0 amide bonds. The number of halogens is 1. The maximum atomic E-state index is 9.31. The third-order valence-electron chi connectivity index (χ3n) is 2.20. The summed E-state index contributed by atoms with van der Waals surface area (Å²) >= 11 is 5.82. The van der Waals surface area contributed by atoms with Gasteiger partial charge in [0.15, 0.2) is 0 Å². The van der Waals surface area contributed by atoms with Crippen molar-refractivity contribution < 1.29 is 5.11 Å². The van der Waals surface area contributed by atoms with E-state index < -0.39 is 0 Å². The molecule has 0 bridgehead atoms. The van der Waals surface area contributed by atoms with Gasteiger partial charge in [-0.25, -0.2) is 0 Å². The molecule has 0 aliphatic rings. The van der Waals surface area contributed by atoms with Crippen molar-refractivity contribution in [2.75, 3.05) is 6.61 Å². The average molecular weight is 239 g/mol. The van der Waals surface area contributed by atoms with Gasteiger partial charge in [0.2, 0.25) is 0 Å². The lowest BCUT2D eigenvalue weighted by Crippen LogP contribution is -2.08. The third-order valence-corrected chi connectivity index (χ3v) is 2.45. The number of hydrogen-bond donors (Lipinski definition) is 1. The van der Waals surface area contributed by atoms with Crippen LogP contribution in [-0.4, -0.2) is 11.7 Å². The average Bonchev–Trinajstić information content (AvgIpc) is 2.18. The van der Waals surface area contributed by atoms with Gasteiger partial charge in [-0.05, 0) is 35.1 Å². The fourth-order valence-corrected chi connectivity index (χ4v) is 1.75. The van der Waals surface area contributed by atoms with Crippen molar-refractivity contribution >= 4 is 17.7 Å². The van der Waals surface area contributed by atoms with Crippen LogP contribution in [0.25, 0.3) is 6.08 Å². The van der Waals surface area contributed by atoms with Gasteiger partial charge in [0, 0.05) is 5.02 Å². The van der Waals surface area contributed by atoms with Crippen LogP contribution in [0.4, 0.5) is 0 Å². The predicted molar refractivity (Wildman–Crippen MR) is 70.6 cm³/mol. The molecule has 0 unspecified atom stereocenters. The Hall–Kier alpha value is -0.790. The van der Waals surface area contributed by atoms with Crippen LogP contribution in [0.3, 0.4) is 0 Å². The van der Waals surface area contributed by atoms with Crippen LogP contribution in [-0.2, 0) is 0 Å². The number of benzene rings is 1. The van der Waals surface area contributed by atoms with E-state index in [4.69, 9.17) is 11.6 Å². The highest BCUT2D eigenvalue weighted by atomic mass is 35.5. The fourth-order valence-electron chi connectivity index (χ4n) is 1.63. The quantitative estimate of drug-likeness (QED) is 0.839. The zero-order valence-corrected chi connectivity index (χ0v) is 10.9. The minimum atomic E-state index is 0.111. The maximum Gasteiger partial charge on any atom is 0.0645 e. The third kappa shape index (κ3) is 4.82. The highest BCUT2D eigenvalue weighted by molar-refractivity contribution is 6.30. The Morgan fingerprint density at radius 3 is 2.25 bits per heavy atom. The van der Waals surface area contributed by atoms with E-state index in [9.17, 15) is 5.11 Å². The first kappa shape index (κ1) is 13.3. The molecular weight excluding hydrogens is 220 g/mol. The van der Waals surface area contributed by atoms with E-state index in [1.807, 2.05) is 30.3 Å². The van der Waals surface area contributed by atoms with E-state index in [0.29, 0.717) is 0 Å². The van der Waals surface area contributed by atoms with Gasteiger partial charge in [-0.15, -0.1) is 0 Å². The van der Waals surface area contributed by atoms with E-state index >= 15 is 0 Å². The van der Waals surface area contributed by atoms with Gasteiger partial charge < -0.3 is 5.11 Å². The van der Waals surface area contributed by atoms with Gasteiger partial charge in [0.05, 0.1) is 6.61 Å². The maximum absolute atomic E-state index is 9.31. The van der Waals surface area contributed by atoms with Crippen molar-refractivity contribution in [2.45, 2.75) is 27.2 Å². The monoisotopic (exact) mass is 238 g/mol. The summed E-state index contributed by atoms with van der Waals surface area (Å²) < 4.78 is 0. The van der Waals surface area contributed by atoms with Crippen LogP contribution >= 0.6 is 11.6 Å². The topological polar surface area (TPSA) is 20.2 Å². The van der Waals surface area contributed by atoms with Crippen LogP contribution in [0.1, 0.15) is 32.8 Å². The summed E-state index contributed by atoms with van der Waals surface area (Å²) in [6.07, 6.45) is 2.92. The minimum absolute atomic E-state index is 0.111. The lowest BCUT2D eigenvalue weighted by Gasteiger charge is -2.19. The summed E-state index contributed by atoms with van der Waals surface area (Å²) in [5, 5.41) is 10.0. The lowest BCUT2D eigenvalue weighted by molar-refractivity contribution is 0.306. The summed E-state index contributed by atoms with van der Waals surface area (Å²) in [5.74, 6) is 0. The molecule has 0 aromatic heterocycles. The van der Waals surface area contributed by atoms with Gasteiger partial charge >= 0.3 is 0 Å². The van der Waals surface area contributed by atoms with E-state index in [0.717, 1.165) is 22.6 Å². The van der Waals surface area contributed by atoms with Crippen LogP contribution < -0.4 is 0 Å². The highest BCUT2D eigenvalue weighted by Gasteiger charge is 2.12. The molecule has 0 radical (unpaired) electrons. The summed E-state index contributed by atoms with van der Waals surface area (Å²) in [6, 6.07) is 7.64. The van der Waals surface area contributed by atoms with Gasteiger partial charge in [0.25, 0.3) is 0 Å². The molecule has 88 valence electrons. The van der Waals surface area contributed by atoms with Crippen molar-refractivity contribution in [3.05, 3.63) is 40.4 Å². The summed E-state index contributed by atoms with van der Waals surface area (Å²) in [6.45, 7) is 6.61. The number of aliphatic hydroxyl groups is 1. The van der Waals surface area contributed by atoms with E-state index in [1.54, 1.807) is 0 Å². The zero-order valence-electron chi connectivity index (χ0n) is 10.1. The van der Waals surface area contributed by atoms with Crippen LogP contribution in [0, 0.1) is 5.41 Å². The Morgan fingerprint density at radius 2 is 1.81 bits per heavy atom. The van der Waals surface area contributed by atoms with E-state index in [-0.39, 0.29) is 12.0 Å². The minimum Gasteiger partial charge on any atom is -0.392 e. The molecule has 1 nitrogen and oxygen atoms in total. The first-order valence-electron chi connectivity index (χ1n) is 5.46. The normalized spacial score (nSPS) is 12.9. The van der Waals surface area contributed by atoms with E-state index in [1.165, 1.54) is 0 Å². The second-order valence-corrected chi connectivity index (χ2v) is 5.69. The molecule has 1 aromatic carbocycles. The van der Waals surface area contributed by atoms with Crippen molar-refractivity contribution in [1.29, 1.82) is 0 Å². The SMILES string of the molecule is CC(C)(C)C/C(=C\c1ccc(Cl)cc1)CO. The molecule has 0 atom stereocenters. The van der Waals surface area contributed by atoms with Crippen molar-refractivity contribution in [2.24, 2.45) is 5.41 Å². The Labute approximate surface area is 103 Å². The van der Waals surface area contributed by atoms with Crippen LogP contribution in [0.5, 0.6) is 0 Å². The molecule has 1 aromatic rings. The molecule has 16 heavy (non-hydrogen) atoms. The second-order valence-electron chi connectivity index (χ2n) is 5.25. The molecule has 0 aliphatic heterocycles. The Morgan fingerprint density at radius 1 is 1.25 bits per heavy atom. The van der Waals surface area contributed by atoms with Gasteiger partial charge in [-0.3, -0.25) is 0 Å². The predicted octanol–water partition coefficient (Wildman–Crippen LogP) is 4.15. The first-order valence-corrected chi connectivity index (χ1v) is 5.84. The molecule has 1 N–H and O–H groups in total. The van der Waals surface area contributed by atoms with Crippen LogP contribution in [0.15, 0.2) is 29.8 Å². The lowest BCUT2D eigenvalue weighted by atomic mass is 9.87. The highest BCUT2D eigenvalue weighted by Crippen LogP contribution is 2.25. The molecule has 1 rings (SSSR count). The zero-order chi connectivity index (χ0) is 12.2. The molecule has 0 spiro atoms. The first-order chi connectivity index (χ1) is 7.40. The largest absolute Gasteiger partial charge is 0.392 e. The number of rotatable bonds is 3. The summed E-state index contributed by atoms with van der Waals surface area (Å²) in [4.78, 5) is 0. The smallest absolute Gasteiger partial charge is 0.0645 e. The van der Waals surface area contributed by atoms with Gasteiger partial charge in [-0.2, -0.15) is 0 Å². The summed E-state index contributed by atoms with van der Waals surface area (Å²) in [5.41, 5.74) is 2.33. The summed E-state index contributed by atoms with van der Waals surface area (Å²) in [7, 11) is 0. The molecule has 2 heteroatoms. The Kier molecular flexibility index (Phi) is 4.57. The Balaban J connectivity index is 2.83. The van der Waals surface area contributed by atoms with Gasteiger partial charge in [-0.1, -0.05) is 50.6 Å². The fraction of sp³-hybridized carbons (Fsp3) is 0.429. The van der Waals surface area contributed by atoms with Crippen LogP contribution in [0.2, 0.25) is 5.02 Å². The standard InChI is InChI=1S/C14H19ClO/c1-14(2,3)9-12(10-16)8-11-4-6-13(15)7-5-11/h4-8,16H,9-10H2,1-3H3/b12-8+. The molecule has 0 aliphatic carbocycles. The second kappa shape index (κ2) is 5.51. The van der Waals surface area contributed by atoms with Crippen molar-refractivity contribution in [3.8, 4) is 0 Å².